The summed E-state index contributed by atoms with van der Waals surface area (Å²) < 4.78 is 10.8. The molecule has 1 aromatic rings. The summed E-state index contributed by atoms with van der Waals surface area (Å²) in [4.78, 5) is 7.97. The summed E-state index contributed by atoms with van der Waals surface area (Å²) in [6, 6.07) is 1.79. The van der Waals surface area contributed by atoms with Crippen molar-refractivity contribution in [3.8, 4) is 11.8 Å². The van der Waals surface area contributed by atoms with Crippen LogP contribution >= 0.6 is 0 Å². The lowest BCUT2D eigenvalue weighted by atomic mass is 9.93. The number of rotatable bonds is 3. The maximum Gasteiger partial charge on any atom is 0.220 e. The monoisotopic (exact) mass is 223 g/mol. The minimum atomic E-state index is 0.0633. The van der Waals surface area contributed by atoms with E-state index in [1.165, 1.54) is 19.2 Å². The van der Waals surface area contributed by atoms with E-state index in [1.54, 1.807) is 13.2 Å². The molecule has 0 aromatic carbocycles. The van der Waals surface area contributed by atoms with Gasteiger partial charge in [-0.15, -0.1) is 0 Å². The van der Waals surface area contributed by atoms with Gasteiger partial charge in [-0.3, -0.25) is 0 Å². The fraction of sp³-hybridized carbons (Fsp3) is 0.636. The predicted octanol–water partition coefficient (Wildman–Crippen LogP) is 1.13. The highest BCUT2D eigenvalue weighted by molar-refractivity contribution is 5.18. The Labute approximate surface area is 95.0 Å². The molecule has 2 N–H and O–H groups in total. The Kier molecular flexibility index (Phi) is 3.56. The van der Waals surface area contributed by atoms with Crippen molar-refractivity contribution in [1.82, 2.24) is 9.97 Å². The molecule has 16 heavy (non-hydrogen) atoms. The van der Waals surface area contributed by atoms with Gasteiger partial charge in [0.2, 0.25) is 11.8 Å². The summed E-state index contributed by atoms with van der Waals surface area (Å²) in [6.45, 7) is 0. The maximum atomic E-state index is 6.00. The molecule has 1 aromatic heterocycles. The molecule has 2 rings (SSSR count). The van der Waals surface area contributed by atoms with Crippen LogP contribution in [0.3, 0.4) is 0 Å². The van der Waals surface area contributed by atoms with E-state index in [9.17, 15) is 0 Å². The molecule has 1 saturated carbocycles. The molecule has 0 amide bonds. The van der Waals surface area contributed by atoms with Crippen molar-refractivity contribution in [3.63, 3.8) is 0 Å². The lowest BCUT2D eigenvalue weighted by molar-refractivity contribution is 0.126. The van der Waals surface area contributed by atoms with Gasteiger partial charge in [0, 0.05) is 6.04 Å². The number of ether oxygens (including phenoxy) is 2. The average molecular weight is 223 g/mol. The lowest BCUT2D eigenvalue weighted by Crippen LogP contribution is -2.41. The van der Waals surface area contributed by atoms with Crippen molar-refractivity contribution < 1.29 is 9.47 Å². The van der Waals surface area contributed by atoms with E-state index in [1.807, 2.05) is 0 Å². The molecule has 0 radical (unpaired) electrons. The minimum absolute atomic E-state index is 0.0633. The Morgan fingerprint density at radius 2 is 2.00 bits per heavy atom. The van der Waals surface area contributed by atoms with Gasteiger partial charge in [0.1, 0.15) is 12.4 Å². The Morgan fingerprint density at radius 3 is 2.75 bits per heavy atom. The second-order valence-electron chi connectivity index (χ2n) is 4.00. The van der Waals surface area contributed by atoms with Crippen LogP contribution in [-0.2, 0) is 0 Å². The highest BCUT2D eigenvalue weighted by Crippen LogP contribution is 2.22. The van der Waals surface area contributed by atoms with Gasteiger partial charge in [0.05, 0.1) is 13.2 Å². The van der Waals surface area contributed by atoms with Crippen LogP contribution in [0.25, 0.3) is 0 Å². The molecule has 88 valence electrons. The van der Waals surface area contributed by atoms with E-state index < -0.39 is 0 Å². The second kappa shape index (κ2) is 5.12. The standard InChI is InChI=1S/C11H17N3O2/c1-15-10-6-11(14-7-13-10)16-9-5-3-2-4-8(9)12/h6-9H,2-5,12H2,1H3. The van der Waals surface area contributed by atoms with Gasteiger partial charge in [0.15, 0.2) is 0 Å². The van der Waals surface area contributed by atoms with Crippen LogP contribution in [0, 0.1) is 0 Å². The summed E-state index contributed by atoms with van der Waals surface area (Å²) >= 11 is 0. The smallest absolute Gasteiger partial charge is 0.220 e. The van der Waals surface area contributed by atoms with Crippen LogP contribution < -0.4 is 15.2 Å². The molecule has 2 atom stereocenters. The Morgan fingerprint density at radius 1 is 1.25 bits per heavy atom. The van der Waals surface area contributed by atoms with Crippen LogP contribution in [0.5, 0.6) is 11.8 Å². The van der Waals surface area contributed by atoms with Gasteiger partial charge in [-0.2, -0.15) is 0 Å². The van der Waals surface area contributed by atoms with Gasteiger partial charge in [0.25, 0.3) is 0 Å². The number of hydrogen-bond donors (Lipinski definition) is 1. The van der Waals surface area contributed by atoms with E-state index >= 15 is 0 Å². The Balaban J connectivity index is 2.01. The van der Waals surface area contributed by atoms with Crippen LogP contribution in [0.2, 0.25) is 0 Å². The molecule has 1 fully saturated rings. The molecule has 0 saturated heterocycles. The molecular weight excluding hydrogens is 206 g/mol. The fourth-order valence-electron chi connectivity index (χ4n) is 1.93. The molecule has 5 nitrogen and oxygen atoms in total. The topological polar surface area (TPSA) is 70.3 Å². The number of hydrogen-bond acceptors (Lipinski definition) is 5. The zero-order chi connectivity index (χ0) is 11.4. The molecule has 0 aliphatic heterocycles. The van der Waals surface area contributed by atoms with Crippen molar-refractivity contribution in [2.75, 3.05) is 7.11 Å². The second-order valence-corrected chi connectivity index (χ2v) is 4.00. The molecule has 1 aliphatic carbocycles. The SMILES string of the molecule is COc1cc(OC2CCCCC2N)ncn1. The van der Waals surface area contributed by atoms with E-state index in [4.69, 9.17) is 15.2 Å². The summed E-state index contributed by atoms with van der Waals surface area (Å²) in [5, 5.41) is 0. The minimum Gasteiger partial charge on any atom is -0.481 e. The molecule has 0 spiro atoms. The van der Waals surface area contributed by atoms with Crippen molar-refractivity contribution in [2.24, 2.45) is 5.73 Å². The summed E-state index contributed by atoms with van der Waals surface area (Å²) in [6.07, 6.45) is 5.87. The Bertz CT molecular complexity index is 346. The summed E-state index contributed by atoms with van der Waals surface area (Å²) in [5.41, 5.74) is 6.00. The normalized spacial score (nSPS) is 25.1. The third kappa shape index (κ3) is 2.61. The van der Waals surface area contributed by atoms with Crippen molar-refractivity contribution in [3.05, 3.63) is 12.4 Å². The molecule has 1 aliphatic rings. The zero-order valence-corrected chi connectivity index (χ0v) is 9.43. The third-order valence-corrected chi connectivity index (χ3v) is 2.85. The van der Waals surface area contributed by atoms with Gasteiger partial charge in [-0.1, -0.05) is 6.42 Å². The highest BCUT2D eigenvalue weighted by Gasteiger charge is 2.23. The first kappa shape index (κ1) is 11.1. The van der Waals surface area contributed by atoms with Crippen LogP contribution in [0.1, 0.15) is 25.7 Å². The first-order valence-corrected chi connectivity index (χ1v) is 5.58. The van der Waals surface area contributed by atoms with E-state index in [0.29, 0.717) is 11.8 Å². The van der Waals surface area contributed by atoms with E-state index in [-0.39, 0.29) is 12.1 Å². The summed E-state index contributed by atoms with van der Waals surface area (Å²) in [7, 11) is 1.57. The molecule has 2 unspecified atom stereocenters. The lowest BCUT2D eigenvalue weighted by Gasteiger charge is -2.28. The van der Waals surface area contributed by atoms with Crippen molar-refractivity contribution in [2.45, 2.75) is 37.8 Å². The average Bonchev–Trinajstić information content (AvgIpc) is 2.32. The van der Waals surface area contributed by atoms with Gasteiger partial charge in [-0.25, -0.2) is 9.97 Å². The van der Waals surface area contributed by atoms with Gasteiger partial charge in [-0.05, 0) is 19.3 Å². The van der Waals surface area contributed by atoms with E-state index in [2.05, 4.69) is 9.97 Å². The molecule has 5 heteroatoms. The zero-order valence-electron chi connectivity index (χ0n) is 9.43. The van der Waals surface area contributed by atoms with Crippen LogP contribution in [0.4, 0.5) is 0 Å². The predicted molar refractivity (Wildman–Crippen MR) is 59.4 cm³/mol. The van der Waals surface area contributed by atoms with Crippen LogP contribution in [-0.4, -0.2) is 29.2 Å². The quantitative estimate of drug-likeness (QED) is 0.831. The van der Waals surface area contributed by atoms with Gasteiger partial charge >= 0.3 is 0 Å². The van der Waals surface area contributed by atoms with Gasteiger partial charge < -0.3 is 15.2 Å². The third-order valence-electron chi connectivity index (χ3n) is 2.85. The first-order chi connectivity index (χ1) is 7.79. The van der Waals surface area contributed by atoms with Crippen LogP contribution in [0.15, 0.2) is 12.4 Å². The fourth-order valence-corrected chi connectivity index (χ4v) is 1.93. The first-order valence-electron chi connectivity index (χ1n) is 5.58. The van der Waals surface area contributed by atoms with Crippen molar-refractivity contribution >= 4 is 0 Å². The van der Waals surface area contributed by atoms with Crippen molar-refractivity contribution in [1.29, 1.82) is 0 Å². The molecular formula is C11H17N3O2. The molecule has 1 heterocycles. The number of nitrogens with zero attached hydrogens (tertiary/aromatic N) is 2. The summed E-state index contributed by atoms with van der Waals surface area (Å²) in [5.74, 6) is 1.04. The largest absolute Gasteiger partial charge is 0.481 e. The van der Waals surface area contributed by atoms with E-state index in [0.717, 1.165) is 12.8 Å². The highest BCUT2D eigenvalue weighted by atomic mass is 16.5. The number of nitrogens with two attached hydrogens (primary N) is 1. The molecule has 0 bridgehead atoms. The maximum absolute atomic E-state index is 6.00. The Hall–Kier alpha value is -1.36. The number of aromatic nitrogens is 2. The number of methoxy groups -OCH3 is 1.